The standard InChI is InChI=1S/C8H13N3O4/c12-6-2-1-5(11-6)3-9-8(15)10-4-7(13)14/h5H,1-4H2,(H,11,12)(H,13,14)(H2,9,10,15). The Labute approximate surface area is 86.2 Å². The first-order chi connectivity index (χ1) is 7.08. The fourth-order valence-electron chi connectivity index (χ4n) is 1.26. The van der Waals surface area contributed by atoms with Gasteiger partial charge in [-0.05, 0) is 6.42 Å². The van der Waals surface area contributed by atoms with E-state index < -0.39 is 18.5 Å². The molecule has 1 aliphatic rings. The molecule has 1 atom stereocenters. The Balaban J connectivity index is 2.11. The van der Waals surface area contributed by atoms with Gasteiger partial charge in [0, 0.05) is 19.0 Å². The van der Waals surface area contributed by atoms with Crippen molar-refractivity contribution in [1.29, 1.82) is 0 Å². The zero-order valence-electron chi connectivity index (χ0n) is 8.08. The summed E-state index contributed by atoms with van der Waals surface area (Å²) in [7, 11) is 0. The van der Waals surface area contributed by atoms with Crippen LogP contribution >= 0.6 is 0 Å². The number of nitrogens with one attached hydrogen (secondary N) is 3. The third kappa shape index (κ3) is 4.30. The van der Waals surface area contributed by atoms with E-state index in [1.54, 1.807) is 0 Å². The molecule has 1 fully saturated rings. The van der Waals surface area contributed by atoms with Crippen molar-refractivity contribution < 1.29 is 19.5 Å². The number of hydrogen-bond acceptors (Lipinski definition) is 3. The van der Waals surface area contributed by atoms with E-state index in [1.165, 1.54) is 0 Å². The number of carboxylic acids is 1. The minimum atomic E-state index is -1.10. The van der Waals surface area contributed by atoms with E-state index in [9.17, 15) is 14.4 Å². The zero-order valence-corrected chi connectivity index (χ0v) is 8.08. The van der Waals surface area contributed by atoms with Crippen LogP contribution < -0.4 is 16.0 Å². The highest BCUT2D eigenvalue weighted by Gasteiger charge is 2.20. The number of carboxylic acid groups (broad SMARTS) is 1. The van der Waals surface area contributed by atoms with Gasteiger partial charge >= 0.3 is 12.0 Å². The number of carbonyl (C=O) groups excluding carboxylic acids is 2. The van der Waals surface area contributed by atoms with Crippen LogP contribution in [0.4, 0.5) is 4.79 Å². The van der Waals surface area contributed by atoms with Crippen LogP contribution in [-0.4, -0.2) is 42.1 Å². The molecule has 1 heterocycles. The predicted octanol–water partition coefficient (Wildman–Crippen LogP) is -1.35. The molecule has 0 radical (unpaired) electrons. The van der Waals surface area contributed by atoms with E-state index in [2.05, 4.69) is 16.0 Å². The van der Waals surface area contributed by atoms with Gasteiger partial charge in [-0.2, -0.15) is 0 Å². The highest BCUT2D eigenvalue weighted by molar-refractivity contribution is 5.80. The van der Waals surface area contributed by atoms with Gasteiger partial charge in [-0.1, -0.05) is 0 Å². The lowest BCUT2D eigenvalue weighted by Crippen LogP contribution is -2.44. The first kappa shape index (κ1) is 11.3. The van der Waals surface area contributed by atoms with E-state index in [1.807, 2.05) is 0 Å². The number of carbonyl (C=O) groups is 3. The summed E-state index contributed by atoms with van der Waals surface area (Å²) in [6, 6.07) is -0.591. The summed E-state index contributed by atoms with van der Waals surface area (Å²) in [6.45, 7) is -0.0972. The topological polar surface area (TPSA) is 108 Å². The number of aliphatic carboxylic acids is 1. The molecule has 1 aliphatic heterocycles. The molecule has 15 heavy (non-hydrogen) atoms. The van der Waals surface area contributed by atoms with E-state index >= 15 is 0 Å². The van der Waals surface area contributed by atoms with Gasteiger partial charge in [0.2, 0.25) is 5.91 Å². The summed E-state index contributed by atoms with van der Waals surface area (Å²) in [5, 5.41) is 15.6. The number of rotatable bonds is 4. The van der Waals surface area contributed by atoms with Crippen LogP contribution in [0.25, 0.3) is 0 Å². The van der Waals surface area contributed by atoms with E-state index in [-0.39, 0.29) is 11.9 Å². The van der Waals surface area contributed by atoms with E-state index in [4.69, 9.17) is 5.11 Å². The smallest absolute Gasteiger partial charge is 0.323 e. The predicted molar refractivity (Wildman–Crippen MR) is 50.2 cm³/mol. The van der Waals surface area contributed by atoms with Gasteiger partial charge in [-0.3, -0.25) is 9.59 Å². The molecule has 1 saturated heterocycles. The largest absolute Gasteiger partial charge is 0.480 e. The second-order valence-corrected chi connectivity index (χ2v) is 3.26. The Morgan fingerprint density at radius 3 is 2.73 bits per heavy atom. The van der Waals surface area contributed by atoms with Crippen LogP contribution in [0.3, 0.4) is 0 Å². The van der Waals surface area contributed by atoms with Gasteiger partial charge in [0.1, 0.15) is 6.54 Å². The highest BCUT2D eigenvalue weighted by Crippen LogP contribution is 2.04. The lowest BCUT2D eigenvalue weighted by molar-refractivity contribution is -0.135. The van der Waals surface area contributed by atoms with Crippen molar-refractivity contribution in [2.24, 2.45) is 0 Å². The maximum absolute atomic E-state index is 11.0. The minimum Gasteiger partial charge on any atom is -0.480 e. The summed E-state index contributed by atoms with van der Waals surface area (Å²) in [6.07, 6.45) is 1.17. The molecule has 4 N–H and O–H groups in total. The molecule has 0 saturated carbocycles. The fraction of sp³-hybridized carbons (Fsp3) is 0.625. The molecular weight excluding hydrogens is 202 g/mol. The normalized spacial score (nSPS) is 19.5. The average molecular weight is 215 g/mol. The third-order valence-electron chi connectivity index (χ3n) is 1.99. The molecule has 0 bridgehead atoms. The molecule has 7 heteroatoms. The molecule has 1 unspecified atom stereocenters. The fourth-order valence-corrected chi connectivity index (χ4v) is 1.26. The Morgan fingerprint density at radius 1 is 1.47 bits per heavy atom. The van der Waals surface area contributed by atoms with Crippen LogP contribution in [0.2, 0.25) is 0 Å². The molecule has 0 aromatic carbocycles. The average Bonchev–Trinajstić information content (AvgIpc) is 2.58. The maximum atomic E-state index is 11.0. The van der Waals surface area contributed by atoms with Crippen LogP contribution in [0, 0.1) is 0 Å². The highest BCUT2D eigenvalue weighted by atomic mass is 16.4. The molecule has 1 rings (SSSR count). The summed E-state index contributed by atoms with van der Waals surface area (Å²) in [4.78, 5) is 31.9. The van der Waals surface area contributed by atoms with Crippen LogP contribution in [0.5, 0.6) is 0 Å². The first-order valence-electron chi connectivity index (χ1n) is 4.61. The van der Waals surface area contributed by atoms with Gasteiger partial charge in [0.15, 0.2) is 0 Å². The zero-order chi connectivity index (χ0) is 11.3. The summed E-state index contributed by atoms with van der Waals surface area (Å²) >= 11 is 0. The molecule has 0 aromatic heterocycles. The molecule has 7 nitrogen and oxygen atoms in total. The quantitative estimate of drug-likeness (QED) is 0.465. The number of amides is 3. The molecule has 0 aromatic rings. The van der Waals surface area contributed by atoms with Crippen molar-refractivity contribution in [2.75, 3.05) is 13.1 Å². The number of urea groups is 1. The monoisotopic (exact) mass is 215 g/mol. The second-order valence-electron chi connectivity index (χ2n) is 3.26. The summed E-state index contributed by atoms with van der Waals surface area (Å²) in [5.74, 6) is -1.12. The van der Waals surface area contributed by atoms with Gasteiger partial charge in [-0.25, -0.2) is 4.79 Å². The van der Waals surface area contributed by atoms with Crippen molar-refractivity contribution in [1.82, 2.24) is 16.0 Å². The first-order valence-corrected chi connectivity index (χ1v) is 4.61. The van der Waals surface area contributed by atoms with Crippen LogP contribution in [0.1, 0.15) is 12.8 Å². The molecule has 0 spiro atoms. The molecule has 84 valence electrons. The maximum Gasteiger partial charge on any atom is 0.323 e. The van der Waals surface area contributed by atoms with Crippen molar-refractivity contribution in [3.05, 3.63) is 0 Å². The Hall–Kier alpha value is -1.79. The van der Waals surface area contributed by atoms with Gasteiger partial charge in [-0.15, -0.1) is 0 Å². The Bertz CT molecular complexity index is 279. The number of hydrogen-bond donors (Lipinski definition) is 4. The summed E-state index contributed by atoms with van der Waals surface area (Å²) < 4.78 is 0. The second kappa shape index (κ2) is 5.18. The lowest BCUT2D eigenvalue weighted by atomic mass is 10.2. The molecule has 0 aliphatic carbocycles. The van der Waals surface area contributed by atoms with Crippen molar-refractivity contribution in [2.45, 2.75) is 18.9 Å². The van der Waals surface area contributed by atoms with Crippen LogP contribution in [-0.2, 0) is 9.59 Å². The summed E-state index contributed by atoms with van der Waals surface area (Å²) in [5.41, 5.74) is 0. The molecule has 3 amide bonds. The van der Waals surface area contributed by atoms with Crippen molar-refractivity contribution in [3.8, 4) is 0 Å². The van der Waals surface area contributed by atoms with E-state index in [0.29, 0.717) is 19.4 Å². The van der Waals surface area contributed by atoms with Gasteiger partial charge in [0.25, 0.3) is 0 Å². The Morgan fingerprint density at radius 2 is 2.20 bits per heavy atom. The van der Waals surface area contributed by atoms with Crippen molar-refractivity contribution >= 4 is 17.9 Å². The Kier molecular flexibility index (Phi) is 3.90. The van der Waals surface area contributed by atoms with Crippen LogP contribution in [0.15, 0.2) is 0 Å². The van der Waals surface area contributed by atoms with Gasteiger partial charge < -0.3 is 21.1 Å². The van der Waals surface area contributed by atoms with E-state index in [0.717, 1.165) is 0 Å². The lowest BCUT2D eigenvalue weighted by Gasteiger charge is -2.11. The van der Waals surface area contributed by atoms with Gasteiger partial charge in [0.05, 0.1) is 0 Å². The third-order valence-corrected chi connectivity index (χ3v) is 1.99. The molecular formula is C8H13N3O4. The minimum absolute atomic E-state index is 0.0206. The van der Waals surface area contributed by atoms with Crippen molar-refractivity contribution in [3.63, 3.8) is 0 Å². The SMILES string of the molecule is O=C(O)CNC(=O)NCC1CCC(=O)N1.